The maximum atomic E-state index is 10.9. The summed E-state index contributed by atoms with van der Waals surface area (Å²) in [5.41, 5.74) is 0. The van der Waals surface area contributed by atoms with Gasteiger partial charge in [-0.25, -0.2) is 0 Å². The minimum Gasteiger partial charge on any atom is -0.449 e. The van der Waals surface area contributed by atoms with Gasteiger partial charge >= 0.3 is 5.97 Å². The van der Waals surface area contributed by atoms with Gasteiger partial charge in [0, 0.05) is 6.92 Å². The van der Waals surface area contributed by atoms with Gasteiger partial charge in [0.2, 0.25) is 0 Å². The molecule has 1 rings (SSSR count). The number of rotatable bonds is 1. The molecule has 1 atom stereocenters. The zero-order valence-corrected chi connectivity index (χ0v) is 10.0. The second-order valence-electron chi connectivity index (χ2n) is 3.38. The Bertz CT molecular complexity index is 213. The molecule has 13 heavy (non-hydrogen) atoms. The van der Waals surface area contributed by atoms with Crippen LogP contribution in [0.1, 0.15) is 39.0 Å². The van der Waals surface area contributed by atoms with Crippen molar-refractivity contribution in [3.63, 3.8) is 0 Å². The maximum Gasteiger partial charge on any atom is 0.303 e. The number of esters is 1. The molecule has 1 aliphatic carbocycles. The first kappa shape index (κ1) is 11.0. The Balaban J connectivity index is 2.53. The smallest absolute Gasteiger partial charge is 0.303 e. The Labute approximate surface area is 92.9 Å². The van der Waals surface area contributed by atoms with Crippen molar-refractivity contribution >= 4 is 28.6 Å². The van der Waals surface area contributed by atoms with Crippen molar-refractivity contribution in [3.8, 4) is 0 Å². The molecule has 0 N–H and O–H groups in total. The van der Waals surface area contributed by atoms with Crippen LogP contribution in [0.4, 0.5) is 0 Å². The molecule has 0 fully saturated rings. The SMILES string of the molecule is CC(=O)OC1(I)CCC=CCCC1. The minimum absolute atomic E-state index is 0.168. The third-order valence-corrected chi connectivity index (χ3v) is 3.40. The summed E-state index contributed by atoms with van der Waals surface area (Å²) in [5, 5.41) is 0. The fourth-order valence-electron chi connectivity index (χ4n) is 1.50. The topological polar surface area (TPSA) is 26.3 Å². The second-order valence-corrected chi connectivity index (χ2v) is 5.35. The predicted molar refractivity (Wildman–Crippen MR) is 60.7 cm³/mol. The van der Waals surface area contributed by atoms with Crippen molar-refractivity contribution in [2.24, 2.45) is 0 Å². The number of halogens is 1. The van der Waals surface area contributed by atoms with Gasteiger partial charge in [0.25, 0.3) is 0 Å². The first-order chi connectivity index (χ1) is 6.12. The Kier molecular flexibility index (Phi) is 4.22. The molecule has 74 valence electrons. The lowest BCUT2D eigenvalue weighted by Gasteiger charge is -2.27. The lowest BCUT2D eigenvalue weighted by Crippen LogP contribution is -2.27. The van der Waals surface area contributed by atoms with Crippen LogP contribution in [0.2, 0.25) is 0 Å². The van der Waals surface area contributed by atoms with Crippen LogP contribution < -0.4 is 0 Å². The van der Waals surface area contributed by atoms with Gasteiger partial charge in [0.05, 0.1) is 0 Å². The third kappa shape index (κ3) is 4.11. The number of carbonyl (C=O) groups is 1. The molecule has 2 nitrogen and oxygen atoms in total. The van der Waals surface area contributed by atoms with E-state index in [1.165, 1.54) is 6.92 Å². The van der Waals surface area contributed by atoms with E-state index in [1.807, 2.05) is 0 Å². The van der Waals surface area contributed by atoms with Crippen LogP contribution in [0.25, 0.3) is 0 Å². The molecule has 0 bridgehead atoms. The highest BCUT2D eigenvalue weighted by molar-refractivity contribution is 14.1. The Morgan fingerprint density at radius 1 is 1.38 bits per heavy atom. The monoisotopic (exact) mass is 294 g/mol. The van der Waals surface area contributed by atoms with Gasteiger partial charge in [-0.3, -0.25) is 4.79 Å². The fourth-order valence-corrected chi connectivity index (χ4v) is 2.51. The molecule has 1 unspecified atom stereocenters. The number of alkyl halides is 1. The van der Waals surface area contributed by atoms with Crippen LogP contribution in [0, 0.1) is 0 Å². The normalized spacial score (nSPS) is 29.1. The van der Waals surface area contributed by atoms with E-state index in [4.69, 9.17) is 4.74 Å². The van der Waals surface area contributed by atoms with Gasteiger partial charge in [-0.05, 0) is 54.7 Å². The number of carbonyl (C=O) groups excluding carboxylic acids is 1. The zero-order chi connectivity index (χ0) is 9.73. The van der Waals surface area contributed by atoms with E-state index in [0.717, 1.165) is 32.1 Å². The Hall–Kier alpha value is -0.0600. The maximum absolute atomic E-state index is 10.9. The van der Waals surface area contributed by atoms with E-state index in [2.05, 4.69) is 34.7 Å². The minimum atomic E-state index is -0.256. The quantitative estimate of drug-likeness (QED) is 0.321. The van der Waals surface area contributed by atoms with Crippen LogP contribution in [0.15, 0.2) is 12.2 Å². The van der Waals surface area contributed by atoms with Crippen LogP contribution in [-0.2, 0) is 9.53 Å². The molecule has 0 saturated carbocycles. The number of hydrogen-bond acceptors (Lipinski definition) is 2. The van der Waals surface area contributed by atoms with Crippen molar-refractivity contribution in [1.29, 1.82) is 0 Å². The first-order valence-corrected chi connectivity index (χ1v) is 5.74. The molecule has 0 saturated heterocycles. The van der Waals surface area contributed by atoms with Crippen molar-refractivity contribution in [2.45, 2.75) is 42.6 Å². The van der Waals surface area contributed by atoms with Gasteiger partial charge in [0.15, 0.2) is 3.61 Å². The molecular formula is C10H15IO2. The number of allylic oxidation sites excluding steroid dienone is 2. The summed E-state index contributed by atoms with van der Waals surface area (Å²) in [4.78, 5) is 10.9. The van der Waals surface area contributed by atoms with Gasteiger partial charge in [0.1, 0.15) is 0 Å². The highest BCUT2D eigenvalue weighted by Gasteiger charge is 2.28. The van der Waals surface area contributed by atoms with Gasteiger partial charge in [-0.15, -0.1) is 0 Å². The van der Waals surface area contributed by atoms with Crippen molar-refractivity contribution < 1.29 is 9.53 Å². The summed E-state index contributed by atoms with van der Waals surface area (Å²) in [6.07, 6.45) is 9.51. The molecular weight excluding hydrogens is 279 g/mol. The molecule has 0 amide bonds. The third-order valence-electron chi connectivity index (χ3n) is 2.10. The molecule has 0 aromatic heterocycles. The second kappa shape index (κ2) is 4.98. The van der Waals surface area contributed by atoms with Gasteiger partial charge < -0.3 is 4.74 Å². The van der Waals surface area contributed by atoms with E-state index in [9.17, 15) is 4.79 Å². The summed E-state index contributed by atoms with van der Waals surface area (Å²) in [5.74, 6) is -0.168. The average Bonchev–Trinajstić information content (AvgIpc) is 1.97. The summed E-state index contributed by atoms with van der Waals surface area (Å²) in [7, 11) is 0. The van der Waals surface area contributed by atoms with Crippen LogP contribution >= 0.6 is 22.6 Å². The van der Waals surface area contributed by atoms with Gasteiger partial charge in [-0.2, -0.15) is 0 Å². The first-order valence-electron chi connectivity index (χ1n) is 4.66. The van der Waals surface area contributed by atoms with E-state index in [-0.39, 0.29) is 9.58 Å². The van der Waals surface area contributed by atoms with E-state index in [1.54, 1.807) is 0 Å². The van der Waals surface area contributed by atoms with E-state index >= 15 is 0 Å². The molecule has 1 aliphatic rings. The highest BCUT2D eigenvalue weighted by Crippen LogP contribution is 2.34. The van der Waals surface area contributed by atoms with Crippen molar-refractivity contribution in [1.82, 2.24) is 0 Å². The molecule has 3 heteroatoms. The summed E-state index contributed by atoms with van der Waals surface area (Å²) in [6.45, 7) is 1.48. The summed E-state index contributed by atoms with van der Waals surface area (Å²) in [6, 6.07) is 0. The number of hydrogen-bond donors (Lipinski definition) is 0. The molecule has 0 spiro atoms. The molecule has 0 aliphatic heterocycles. The van der Waals surface area contributed by atoms with Crippen molar-refractivity contribution in [2.75, 3.05) is 0 Å². The molecule has 0 aromatic carbocycles. The molecule has 0 heterocycles. The Morgan fingerprint density at radius 2 is 2.08 bits per heavy atom. The lowest BCUT2D eigenvalue weighted by molar-refractivity contribution is -0.148. The van der Waals surface area contributed by atoms with Crippen LogP contribution in [0.3, 0.4) is 0 Å². The van der Waals surface area contributed by atoms with E-state index < -0.39 is 0 Å². The lowest BCUT2D eigenvalue weighted by atomic mass is 10.0. The van der Waals surface area contributed by atoms with Crippen LogP contribution in [0.5, 0.6) is 0 Å². The highest BCUT2D eigenvalue weighted by atomic mass is 127. The largest absolute Gasteiger partial charge is 0.449 e. The average molecular weight is 294 g/mol. The van der Waals surface area contributed by atoms with Gasteiger partial charge in [-0.1, -0.05) is 12.2 Å². The summed E-state index contributed by atoms with van der Waals surface area (Å²) >= 11 is 2.27. The summed E-state index contributed by atoms with van der Waals surface area (Å²) < 4.78 is 5.07. The fraction of sp³-hybridized carbons (Fsp3) is 0.700. The van der Waals surface area contributed by atoms with Crippen molar-refractivity contribution in [3.05, 3.63) is 12.2 Å². The molecule has 0 radical (unpaired) electrons. The molecule has 0 aromatic rings. The predicted octanol–water partition coefficient (Wildman–Crippen LogP) is 3.20. The Morgan fingerprint density at radius 3 is 2.77 bits per heavy atom. The standard InChI is InChI=1S/C10H15IO2/c1-9(12)13-10(11)7-5-3-2-4-6-8-10/h2-3H,4-8H2,1H3. The number of ether oxygens (including phenoxy) is 1. The zero-order valence-electron chi connectivity index (χ0n) is 7.88. The van der Waals surface area contributed by atoms with Crippen LogP contribution in [-0.4, -0.2) is 9.58 Å². The van der Waals surface area contributed by atoms with E-state index in [0.29, 0.717) is 0 Å².